The lowest BCUT2D eigenvalue weighted by Gasteiger charge is -2.34. The minimum Gasteiger partial charge on any atom is -0.497 e. The molecule has 1 unspecified atom stereocenters. The summed E-state index contributed by atoms with van der Waals surface area (Å²) in [4.78, 5) is 15.3. The van der Waals surface area contributed by atoms with E-state index in [0.717, 1.165) is 19.3 Å². The maximum atomic E-state index is 13.1. The molecule has 1 saturated heterocycles. The van der Waals surface area contributed by atoms with Crippen molar-refractivity contribution in [1.82, 2.24) is 10.2 Å². The molecule has 1 atom stereocenters. The number of nitrogens with one attached hydrogen (secondary N) is 1. The van der Waals surface area contributed by atoms with Gasteiger partial charge in [0.25, 0.3) is 10.0 Å². The number of carbonyl (C=O) groups is 1. The summed E-state index contributed by atoms with van der Waals surface area (Å²) in [6.45, 7) is 3.00. The van der Waals surface area contributed by atoms with E-state index in [1.807, 2.05) is 17.9 Å². The Balaban J connectivity index is 1.25. The normalized spacial score (nSPS) is 21.9. The molecule has 35 heavy (non-hydrogen) atoms. The van der Waals surface area contributed by atoms with Gasteiger partial charge in [-0.1, -0.05) is 24.3 Å². The number of carbonyl (C=O) groups excluding carboxylic acids is 1. The Bertz CT molecular complexity index is 1290. The zero-order valence-electron chi connectivity index (χ0n) is 20.2. The number of aryl methyl sites for hydroxylation is 1. The lowest BCUT2D eigenvalue weighted by atomic mass is 9.87. The molecule has 1 fully saturated rings. The molecule has 8 heteroatoms. The van der Waals surface area contributed by atoms with Crippen LogP contribution in [0.4, 0.5) is 0 Å². The summed E-state index contributed by atoms with van der Waals surface area (Å²) in [7, 11) is -2.20. The number of hydrogen-bond acceptors (Lipinski definition) is 5. The molecule has 0 spiro atoms. The molecule has 3 aliphatic rings. The number of amides is 1. The summed E-state index contributed by atoms with van der Waals surface area (Å²) in [5, 5.41) is 3.29. The van der Waals surface area contributed by atoms with Crippen molar-refractivity contribution in [3.8, 4) is 5.75 Å². The average Bonchev–Trinajstić information content (AvgIpc) is 3.12. The number of piperidine rings is 1. The molecule has 1 N–H and O–H groups in total. The molecule has 7 nitrogen and oxygen atoms in total. The summed E-state index contributed by atoms with van der Waals surface area (Å²) in [6.07, 6.45) is 4.46. The number of likely N-dealkylation sites (tertiary alicyclic amines) is 1. The molecular weight excluding hydrogens is 462 g/mol. The van der Waals surface area contributed by atoms with Gasteiger partial charge in [-0.25, -0.2) is 0 Å². The van der Waals surface area contributed by atoms with Gasteiger partial charge in [0.05, 0.1) is 13.2 Å². The molecular formula is C27H31N3O4S. The lowest BCUT2D eigenvalue weighted by molar-refractivity contribution is -0.127. The highest BCUT2D eigenvalue weighted by Crippen LogP contribution is 2.36. The second-order valence-corrected chi connectivity index (χ2v) is 11.0. The van der Waals surface area contributed by atoms with Gasteiger partial charge in [-0.15, -0.1) is 4.40 Å². The zero-order valence-corrected chi connectivity index (χ0v) is 21.0. The molecule has 184 valence electrons. The Morgan fingerprint density at radius 2 is 1.77 bits per heavy atom. The molecule has 0 bridgehead atoms. The van der Waals surface area contributed by atoms with Crippen molar-refractivity contribution in [3.05, 3.63) is 70.8 Å². The van der Waals surface area contributed by atoms with Gasteiger partial charge in [0.15, 0.2) is 0 Å². The third-order valence-corrected chi connectivity index (χ3v) is 8.82. The van der Waals surface area contributed by atoms with Gasteiger partial charge < -0.3 is 15.0 Å². The third-order valence-electron chi connectivity index (χ3n) is 7.34. The lowest BCUT2D eigenvalue weighted by Crippen LogP contribution is -2.44. The van der Waals surface area contributed by atoms with Gasteiger partial charge in [-0.2, -0.15) is 8.42 Å². The van der Waals surface area contributed by atoms with Crippen LogP contribution in [0.5, 0.6) is 5.75 Å². The first-order valence-electron chi connectivity index (χ1n) is 12.2. The van der Waals surface area contributed by atoms with Crippen molar-refractivity contribution < 1.29 is 17.9 Å². The Morgan fingerprint density at radius 1 is 1.06 bits per heavy atom. The fourth-order valence-electron chi connectivity index (χ4n) is 5.47. The first-order chi connectivity index (χ1) is 16.9. The van der Waals surface area contributed by atoms with E-state index in [0.29, 0.717) is 48.7 Å². The van der Waals surface area contributed by atoms with Crippen molar-refractivity contribution in [3.63, 3.8) is 0 Å². The second kappa shape index (κ2) is 9.49. The number of methoxy groups -OCH3 is 1. The van der Waals surface area contributed by atoms with Crippen molar-refractivity contribution >= 4 is 26.7 Å². The predicted octanol–water partition coefficient (Wildman–Crippen LogP) is 4.07. The van der Waals surface area contributed by atoms with Gasteiger partial charge in [0.1, 0.15) is 16.5 Å². The van der Waals surface area contributed by atoms with Gasteiger partial charge >= 0.3 is 0 Å². The molecule has 2 aliphatic heterocycles. The number of fused-ring (bicyclic) bond motifs is 1. The Kier molecular flexibility index (Phi) is 6.40. The number of benzene rings is 2. The van der Waals surface area contributed by atoms with E-state index in [2.05, 4.69) is 27.9 Å². The Hall–Kier alpha value is -3.13. The summed E-state index contributed by atoms with van der Waals surface area (Å²) in [5.41, 5.74) is 3.82. The average molecular weight is 494 g/mol. The molecule has 2 aromatic carbocycles. The monoisotopic (exact) mass is 493 g/mol. The molecule has 0 aromatic heterocycles. The number of amidine groups is 1. The number of ether oxygens (including phenoxy) is 1. The van der Waals surface area contributed by atoms with Crippen LogP contribution in [0, 0.1) is 5.92 Å². The summed E-state index contributed by atoms with van der Waals surface area (Å²) >= 11 is 0. The van der Waals surface area contributed by atoms with Crippen LogP contribution in [0.25, 0.3) is 4.91 Å². The molecule has 0 saturated carbocycles. The topological polar surface area (TPSA) is 88.1 Å². The summed E-state index contributed by atoms with van der Waals surface area (Å²) in [6, 6.07) is 15.4. The highest BCUT2D eigenvalue weighted by atomic mass is 32.2. The van der Waals surface area contributed by atoms with Gasteiger partial charge in [-0.3, -0.25) is 4.79 Å². The molecule has 1 aliphatic carbocycles. The van der Waals surface area contributed by atoms with E-state index >= 15 is 0 Å². The molecule has 1 amide bonds. The van der Waals surface area contributed by atoms with Crippen LogP contribution in [0.15, 0.2) is 58.5 Å². The smallest absolute Gasteiger partial charge is 0.285 e. The van der Waals surface area contributed by atoms with E-state index in [4.69, 9.17) is 4.74 Å². The van der Waals surface area contributed by atoms with Gasteiger partial charge in [-0.05, 0) is 80.0 Å². The van der Waals surface area contributed by atoms with E-state index < -0.39 is 10.0 Å². The summed E-state index contributed by atoms with van der Waals surface area (Å²) < 4.78 is 35.1. The fourth-order valence-corrected chi connectivity index (χ4v) is 6.96. The molecule has 0 radical (unpaired) electrons. The molecule has 2 heterocycles. The minimum atomic E-state index is -3.78. The predicted molar refractivity (Wildman–Crippen MR) is 137 cm³/mol. The van der Waals surface area contributed by atoms with Gasteiger partial charge in [0, 0.05) is 24.6 Å². The van der Waals surface area contributed by atoms with Crippen LogP contribution >= 0.6 is 0 Å². The second-order valence-electron chi connectivity index (χ2n) is 9.49. The van der Waals surface area contributed by atoms with E-state index in [-0.39, 0.29) is 22.8 Å². The van der Waals surface area contributed by atoms with Crippen LogP contribution in [-0.2, 0) is 21.2 Å². The minimum absolute atomic E-state index is 0.0760. The number of sulfonamides is 1. The van der Waals surface area contributed by atoms with Gasteiger partial charge in [0.2, 0.25) is 5.91 Å². The number of nitrogens with zero attached hydrogens (tertiary/aromatic N) is 2. The first-order valence-corrected chi connectivity index (χ1v) is 13.6. The van der Waals surface area contributed by atoms with Crippen LogP contribution in [0.2, 0.25) is 0 Å². The quantitative estimate of drug-likeness (QED) is 0.694. The van der Waals surface area contributed by atoms with E-state index in [1.54, 1.807) is 31.4 Å². The van der Waals surface area contributed by atoms with E-state index in [1.165, 1.54) is 11.1 Å². The maximum Gasteiger partial charge on any atom is 0.285 e. The molecule has 5 rings (SSSR count). The zero-order chi connectivity index (χ0) is 24.6. The van der Waals surface area contributed by atoms with E-state index in [9.17, 15) is 13.2 Å². The van der Waals surface area contributed by atoms with Crippen LogP contribution in [0.3, 0.4) is 0 Å². The van der Waals surface area contributed by atoms with Crippen molar-refractivity contribution in [2.45, 2.75) is 45.1 Å². The maximum absolute atomic E-state index is 13.1. The summed E-state index contributed by atoms with van der Waals surface area (Å²) in [5.74, 6) is 1.18. The fraction of sp³-hybridized carbons (Fsp3) is 0.407. The van der Waals surface area contributed by atoms with Crippen molar-refractivity contribution in [2.24, 2.45) is 10.3 Å². The Labute approximate surface area is 206 Å². The molecule has 2 aromatic rings. The largest absolute Gasteiger partial charge is 0.497 e. The number of rotatable bonds is 4. The van der Waals surface area contributed by atoms with Crippen LogP contribution in [-0.4, -0.2) is 45.3 Å². The van der Waals surface area contributed by atoms with Crippen LogP contribution in [0.1, 0.15) is 55.3 Å². The van der Waals surface area contributed by atoms with Crippen LogP contribution < -0.4 is 10.1 Å². The third kappa shape index (κ3) is 4.59. The highest BCUT2D eigenvalue weighted by molar-refractivity contribution is 8.00. The Morgan fingerprint density at radius 3 is 2.49 bits per heavy atom. The SMILES string of the molecule is COc1ccc(C2=C(C)C(N3CCC(C(=O)NC4CCCc5ccccc54)CC3)=NS2(=O)=O)cc1. The van der Waals surface area contributed by atoms with Crippen molar-refractivity contribution in [2.75, 3.05) is 20.2 Å². The standard InChI is InChI=1S/C27H31N3O4S/c1-18-25(20-10-12-22(34-2)13-11-20)35(32,33)29-26(18)30-16-14-21(15-17-30)27(31)28-24-9-5-7-19-6-3-4-8-23(19)24/h3-4,6,8,10-13,21,24H,5,7,9,14-17H2,1-2H3,(H,28,31). The van der Waals surface area contributed by atoms with Crippen molar-refractivity contribution in [1.29, 1.82) is 0 Å². The highest BCUT2D eigenvalue weighted by Gasteiger charge is 2.36. The first kappa shape index (κ1) is 23.6. The number of hydrogen-bond donors (Lipinski definition) is 1.